The van der Waals surface area contributed by atoms with Crippen molar-refractivity contribution in [2.45, 2.75) is 64.5 Å². The van der Waals surface area contributed by atoms with Crippen LogP contribution in [0.3, 0.4) is 0 Å². The highest BCUT2D eigenvalue weighted by atomic mass is 16.5. The second kappa shape index (κ2) is 7.89. The first-order valence-corrected chi connectivity index (χ1v) is 9.85. The first kappa shape index (κ1) is 19.7. The number of aliphatic hydroxyl groups is 1. The highest BCUT2D eigenvalue weighted by molar-refractivity contribution is 6.02. The largest absolute Gasteiger partial charge is 0.476 e. The van der Waals surface area contributed by atoms with Crippen molar-refractivity contribution in [2.24, 2.45) is 0 Å². The number of piperidine rings is 1. The summed E-state index contributed by atoms with van der Waals surface area (Å²) in [5.41, 5.74) is 0.827. The second-order valence-corrected chi connectivity index (χ2v) is 8.04. The number of anilines is 1. The number of benzene rings is 1. The summed E-state index contributed by atoms with van der Waals surface area (Å²) in [6.07, 6.45) is 3.93. The SMILES string of the molecule is Cc1ccc2c(c1)N(CCC(=O)N1CCCCC1CCO)C(=O)C(C)(C)O2. The van der Waals surface area contributed by atoms with Crippen LogP contribution in [-0.4, -0.2) is 53.2 Å². The van der Waals surface area contributed by atoms with Crippen LogP contribution in [-0.2, 0) is 9.59 Å². The average Bonchev–Trinajstić information content (AvgIpc) is 2.63. The van der Waals surface area contributed by atoms with E-state index in [0.29, 0.717) is 18.7 Å². The summed E-state index contributed by atoms with van der Waals surface area (Å²) in [5, 5.41) is 9.27. The number of hydrogen-bond donors (Lipinski definition) is 1. The summed E-state index contributed by atoms with van der Waals surface area (Å²) in [5.74, 6) is 0.604. The highest BCUT2D eigenvalue weighted by Gasteiger charge is 2.41. The summed E-state index contributed by atoms with van der Waals surface area (Å²) in [4.78, 5) is 29.4. The molecule has 0 radical (unpaired) electrons. The van der Waals surface area contributed by atoms with Gasteiger partial charge in [0, 0.05) is 32.2 Å². The normalized spacial score (nSPS) is 21.6. The van der Waals surface area contributed by atoms with Crippen LogP contribution in [0.25, 0.3) is 0 Å². The Labute approximate surface area is 161 Å². The van der Waals surface area contributed by atoms with Crippen LogP contribution < -0.4 is 9.64 Å². The van der Waals surface area contributed by atoms with E-state index in [2.05, 4.69) is 0 Å². The fourth-order valence-electron chi connectivity index (χ4n) is 4.03. The van der Waals surface area contributed by atoms with Gasteiger partial charge in [-0.25, -0.2) is 0 Å². The molecule has 0 bridgehead atoms. The van der Waals surface area contributed by atoms with Gasteiger partial charge in [-0.15, -0.1) is 0 Å². The lowest BCUT2D eigenvalue weighted by Crippen LogP contribution is -2.53. The predicted molar refractivity (Wildman–Crippen MR) is 104 cm³/mol. The smallest absolute Gasteiger partial charge is 0.270 e. The van der Waals surface area contributed by atoms with E-state index in [0.717, 1.165) is 37.1 Å². The summed E-state index contributed by atoms with van der Waals surface area (Å²) >= 11 is 0. The topological polar surface area (TPSA) is 70.1 Å². The fraction of sp³-hybridized carbons (Fsp3) is 0.619. The van der Waals surface area contributed by atoms with Crippen LogP contribution in [0.15, 0.2) is 18.2 Å². The van der Waals surface area contributed by atoms with Gasteiger partial charge in [-0.1, -0.05) is 6.07 Å². The Morgan fingerprint density at radius 3 is 2.85 bits per heavy atom. The Morgan fingerprint density at radius 2 is 2.11 bits per heavy atom. The molecule has 1 unspecified atom stereocenters. The first-order valence-electron chi connectivity index (χ1n) is 9.85. The summed E-state index contributed by atoms with van der Waals surface area (Å²) in [7, 11) is 0. The molecule has 3 rings (SSSR count). The van der Waals surface area contributed by atoms with E-state index in [1.54, 1.807) is 18.7 Å². The molecule has 2 aliphatic rings. The molecule has 1 fully saturated rings. The number of rotatable bonds is 5. The van der Waals surface area contributed by atoms with Crippen molar-refractivity contribution >= 4 is 17.5 Å². The maximum atomic E-state index is 12.9. The zero-order chi connectivity index (χ0) is 19.6. The van der Waals surface area contributed by atoms with Gasteiger partial charge in [-0.2, -0.15) is 0 Å². The van der Waals surface area contributed by atoms with Crippen LogP contribution in [0.5, 0.6) is 5.75 Å². The van der Waals surface area contributed by atoms with E-state index in [4.69, 9.17) is 4.74 Å². The number of hydrogen-bond acceptors (Lipinski definition) is 4. The van der Waals surface area contributed by atoms with Gasteiger partial charge in [0.1, 0.15) is 5.75 Å². The van der Waals surface area contributed by atoms with Crippen molar-refractivity contribution < 1.29 is 19.4 Å². The molecule has 6 heteroatoms. The van der Waals surface area contributed by atoms with Crippen molar-refractivity contribution in [2.75, 3.05) is 24.6 Å². The van der Waals surface area contributed by atoms with E-state index in [-0.39, 0.29) is 30.9 Å². The molecule has 0 aromatic heterocycles. The van der Waals surface area contributed by atoms with Crippen molar-refractivity contribution in [3.8, 4) is 5.75 Å². The molecular formula is C21H30N2O4. The molecular weight excluding hydrogens is 344 g/mol. The van der Waals surface area contributed by atoms with Gasteiger partial charge in [-0.05, 0) is 64.2 Å². The summed E-state index contributed by atoms with van der Waals surface area (Å²) in [6.45, 7) is 6.66. The van der Waals surface area contributed by atoms with Gasteiger partial charge in [-0.3, -0.25) is 9.59 Å². The Hall–Kier alpha value is -2.08. The van der Waals surface area contributed by atoms with E-state index in [1.165, 1.54) is 0 Å². The van der Waals surface area contributed by atoms with E-state index in [9.17, 15) is 14.7 Å². The van der Waals surface area contributed by atoms with Crippen molar-refractivity contribution in [1.82, 2.24) is 4.90 Å². The number of ether oxygens (including phenoxy) is 1. The lowest BCUT2D eigenvalue weighted by molar-refractivity contribution is -0.135. The van der Waals surface area contributed by atoms with Gasteiger partial charge in [0.25, 0.3) is 5.91 Å². The van der Waals surface area contributed by atoms with Gasteiger partial charge in [0.2, 0.25) is 5.91 Å². The number of carbonyl (C=O) groups is 2. The Balaban J connectivity index is 1.75. The van der Waals surface area contributed by atoms with Crippen molar-refractivity contribution in [3.05, 3.63) is 23.8 Å². The standard InChI is InChI=1S/C21H30N2O4/c1-15-7-8-18-17(14-15)23(20(26)21(2,3)27-18)12-9-19(25)22-11-5-4-6-16(22)10-13-24/h7-8,14,16,24H,4-6,9-13H2,1-3H3. The average molecular weight is 374 g/mol. The minimum Gasteiger partial charge on any atom is -0.476 e. The molecule has 1 atom stereocenters. The lowest BCUT2D eigenvalue weighted by atomic mass is 9.99. The number of aliphatic hydroxyl groups excluding tert-OH is 1. The van der Waals surface area contributed by atoms with Crippen LogP contribution in [0.1, 0.15) is 51.5 Å². The number of likely N-dealkylation sites (tertiary alicyclic amines) is 1. The van der Waals surface area contributed by atoms with Gasteiger partial charge in [0.15, 0.2) is 5.60 Å². The second-order valence-electron chi connectivity index (χ2n) is 8.04. The molecule has 2 aliphatic heterocycles. The molecule has 27 heavy (non-hydrogen) atoms. The molecule has 2 heterocycles. The number of fused-ring (bicyclic) bond motifs is 1. The quantitative estimate of drug-likeness (QED) is 0.860. The molecule has 6 nitrogen and oxygen atoms in total. The third-order valence-corrected chi connectivity index (χ3v) is 5.49. The first-order chi connectivity index (χ1) is 12.8. The third-order valence-electron chi connectivity index (χ3n) is 5.49. The molecule has 148 valence electrons. The van der Waals surface area contributed by atoms with Crippen molar-refractivity contribution in [3.63, 3.8) is 0 Å². The zero-order valence-corrected chi connectivity index (χ0v) is 16.5. The predicted octanol–water partition coefficient (Wildman–Crippen LogP) is 2.65. The molecule has 1 aromatic carbocycles. The Morgan fingerprint density at radius 1 is 1.33 bits per heavy atom. The van der Waals surface area contributed by atoms with Crippen LogP contribution in [0, 0.1) is 6.92 Å². The molecule has 0 spiro atoms. The third kappa shape index (κ3) is 4.10. The summed E-state index contributed by atoms with van der Waals surface area (Å²) < 4.78 is 5.87. The van der Waals surface area contributed by atoms with Gasteiger partial charge < -0.3 is 19.6 Å². The van der Waals surface area contributed by atoms with Gasteiger partial charge >= 0.3 is 0 Å². The lowest BCUT2D eigenvalue weighted by Gasteiger charge is -2.40. The van der Waals surface area contributed by atoms with Crippen LogP contribution in [0.2, 0.25) is 0 Å². The number of nitrogens with zero attached hydrogens (tertiary/aromatic N) is 2. The van der Waals surface area contributed by atoms with E-state index in [1.807, 2.05) is 30.0 Å². The monoisotopic (exact) mass is 374 g/mol. The number of carbonyl (C=O) groups excluding carboxylic acids is 2. The van der Waals surface area contributed by atoms with E-state index >= 15 is 0 Å². The number of aryl methyl sites for hydroxylation is 1. The minimum absolute atomic E-state index is 0.0550. The maximum Gasteiger partial charge on any atom is 0.270 e. The zero-order valence-electron chi connectivity index (χ0n) is 16.5. The van der Waals surface area contributed by atoms with Gasteiger partial charge in [0.05, 0.1) is 5.69 Å². The Bertz CT molecular complexity index is 714. The fourth-order valence-corrected chi connectivity index (χ4v) is 4.03. The minimum atomic E-state index is -0.949. The maximum absolute atomic E-state index is 12.9. The Kier molecular flexibility index (Phi) is 5.75. The molecule has 0 aliphatic carbocycles. The van der Waals surface area contributed by atoms with Crippen LogP contribution >= 0.6 is 0 Å². The highest BCUT2D eigenvalue weighted by Crippen LogP contribution is 2.38. The molecule has 1 saturated heterocycles. The summed E-state index contributed by atoms with van der Waals surface area (Å²) in [6, 6.07) is 5.89. The molecule has 1 aromatic rings. The van der Waals surface area contributed by atoms with Crippen molar-refractivity contribution in [1.29, 1.82) is 0 Å². The van der Waals surface area contributed by atoms with E-state index < -0.39 is 5.60 Å². The molecule has 1 N–H and O–H groups in total. The van der Waals surface area contributed by atoms with Crippen LogP contribution in [0.4, 0.5) is 5.69 Å². The molecule has 0 saturated carbocycles. The number of amides is 2. The molecule has 2 amide bonds.